The molecule has 27 heavy (non-hydrogen) atoms. The lowest BCUT2D eigenvalue weighted by atomic mass is 9.92. The monoisotopic (exact) mass is 402 g/mol. The summed E-state index contributed by atoms with van der Waals surface area (Å²) in [7, 11) is -2.84. The molecular weight excluding hydrogens is 375 g/mol. The Hall–Kier alpha value is -1.90. The molecule has 1 aliphatic rings. The van der Waals surface area contributed by atoms with Crippen molar-refractivity contribution in [1.82, 2.24) is 9.88 Å². The van der Waals surface area contributed by atoms with E-state index in [9.17, 15) is 13.2 Å². The summed E-state index contributed by atoms with van der Waals surface area (Å²) in [4.78, 5) is 17.3. The van der Waals surface area contributed by atoms with Crippen LogP contribution < -0.4 is 4.74 Å². The average molecular weight is 402 g/mol. The van der Waals surface area contributed by atoms with E-state index in [0.717, 1.165) is 13.1 Å². The number of piperidine rings is 1. The molecule has 1 aromatic heterocycles. The van der Waals surface area contributed by atoms with Gasteiger partial charge in [0.2, 0.25) is 20.7 Å². The first-order chi connectivity index (χ1) is 12.4. The predicted octanol–water partition coefficient (Wildman–Crippen LogP) is 3.20. The van der Waals surface area contributed by atoms with E-state index in [0.29, 0.717) is 0 Å². The number of hydrogen-bond acceptors (Lipinski definition) is 6. The lowest BCUT2D eigenvalue weighted by molar-refractivity contribution is 0.0130. The van der Waals surface area contributed by atoms with E-state index in [1.165, 1.54) is 24.1 Å². The number of amides is 1. The third-order valence-electron chi connectivity index (χ3n) is 4.63. The van der Waals surface area contributed by atoms with E-state index in [1.54, 1.807) is 20.8 Å². The summed E-state index contributed by atoms with van der Waals surface area (Å²) >= 11 is 0. The highest BCUT2D eigenvalue weighted by atomic mass is 32.2. The number of carbonyl (C=O) groups excluding carboxylic acids is 1. The largest absolute Gasteiger partial charge is 0.481 e. The van der Waals surface area contributed by atoms with Crippen molar-refractivity contribution in [2.45, 2.75) is 56.0 Å². The molecule has 1 amide bonds. The Balaban J connectivity index is 2.10. The lowest BCUT2D eigenvalue weighted by Gasteiger charge is -2.38. The normalized spacial score (nSPS) is 18.7. The first kappa shape index (κ1) is 21.4. The topological polar surface area (TPSA) is 85.8 Å². The van der Waals surface area contributed by atoms with Crippen LogP contribution in [0.15, 0.2) is 23.2 Å². The molecule has 0 spiro atoms. The number of nitrogens with zero attached hydrogens (tertiary/aromatic N) is 2. The number of sulfone groups is 1. The summed E-state index contributed by atoms with van der Waals surface area (Å²) in [5, 5.41) is -2.47. The van der Waals surface area contributed by atoms with Crippen molar-refractivity contribution in [1.29, 1.82) is 0 Å². The molecule has 0 bridgehead atoms. The van der Waals surface area contributed by atoms with Crippen molar-refractivity contribution in [2.75, 3.05) is 20.2 Å². The van der Waals surface area contributed by atoms with Gasteiger partial charge in [-0.1, -0.05) is 0 Å². The summed E-state index contributed by atoms with van der Waals surface area (Å²) in [6.45, 7) is 6.88. The number of ether oxygens (including phenoxy) is 2. The van der Waals surface area contributed by atoms with Gasteiger partial charge in [-0.25, -0.2) is 22.6 Å². The summed E-state index contributed by atoms with van der Waals surface area (Å²) in [6, 6.07) is 2.67. The van der Waals surface area contributed by atoms with Crippen LogP contribution in [0.4, 0.5) is 9.18 Å². The fourth-order valence-electron chi connectivity index (χ4n) is 3.00. The van der Waals surface area contributed by atoms with Gasteiger partial charge < -0.3 is 14.4 Å². The maximum atomic E-state index is 15.4. The Bertz CT molecular complexity index is 764. The molecule has 0 aliphatic carbocycles. The molecule has 1 aliphatic heterocycles. The van der Waals surface area contributed by atoms with Crippen molar-refractivity contribution >= 4 is 15.9 Å². The van der Waals surface area contributed by atoms with Crippen molar-refractivity contribution in [3.63, 3.8) is 0 Å². The van der Waals surface area contributed by atoms with Gasteiger partial charge in [0.05, 0.1) is 12.0 Å². The van der Waals surface area contributed by atoms with E-state index < -0.39 is 32.5 Å². The number of alkyl halides is 1. The Morgan fingerprint density at radius 3 is 2.26 bits per heavy atom. The molecule has 9 heteroatoms. The Morgan fingerprint density at radius 1 is 1.22 bits per heavy atom. The standard InChI is InChI=1S/C18H27FN2O5S/c1-17(2,3)26-16(22)21-10-8-13(9-11-21)18(4,19)27(23,24)14-6-7-15(25-5)20-12-14/h6-7,12-13H,8-11H2,1-5H3. The third kappa shape index (κ3) is 4.69. The van der Waals surface area contributed by atoms with Crippen molar-refractivity contribution < 1.29 is 27.1 Å². The number of rotatable bonds is 4. The molecule has 1 aromatic rings. The highest BCUT2D eigenvalue weighted by Gasteiger charge is 2.49. The molecule has 1 unspecified atom stereocenters. The molecular formula is C18H27FN2O5S. The second-order valence-electron chi connectivity index (χ2n) is 7.77. The minimum absolute atomic E-state index is 0.192. The third-order valence-corrected chi connectivity index (χ3v) is 6.88. The molecule has 0 aromatic carbocycles. The van der Waals surface area contributed by atoms with Gasteiger partial charge >= 0.3 is 6.09 Å². The number of carbonyl (C=O) groups is 1. The summed E-state index contributed by atoms with van der Waals surface area (Å²) in [6.07, 6.45) is 1.09. The zero-order valence-corrected chi connectivity index (χ0v) is 17.2. The van der Waals surface area contributed by atoms with Crippen LogP contribution in [0.3, 0.4) is 0 Å². The minimum atomic E-state index is -4.25. The molecule has 0 saturated carbocycles. The van der Waals surface area contributed by atoms with Crippen molar-refractivity contribution in [2.24, 2.45) is 5.92 Å². The van der Waals surface area contributed by atoms with Gasteiger partial charge in [0.25, 0.3) is 0 Å². The SMILES string of the molecule is COc1ccc(S(=O)(=O)C(C)(F)C2CCN(C(=O)OC(C)(C)C)CC2)cn1. The second kappa shape index (κ2) is 7.61. The van der Waals surface area contributed by atoms with Crippen molar-refractivity contribution in [3.8, 4) is 5.88 Å². The summed E-state index contributed by atoms with van der Waals surface area (Å²) < 4.78 is 51.2. The highest BCUT2D eigenvalue weighted by Crippen LogP contribution is 2.39. The number of likely N-dealkylation sites (tertiary alicyclic amines) is 1. The van der Waals surface area contributed by atoms with Crippen LogP contribution in [0.25, 0.3) is 0 Å². The minimum Gasteiger partial charge on any atom is -0.481 e. The van der Waals surface area contributed by atoms with Gasteiger partial charge in [0.1, 0.15) is 5.60 Å². The second-order valence-corrected chi connectivity index (χ2v) is 10.0. The molecule has 1 fully saturated rings. The van der Waals surface area contributed by atoms with Gasteiger partial charge in [0.15, 0.2) is 0 Å². The first-order valence-electron chi connectivity index (χ1n) is 8.80. The summed E-state index contributed by atoms with van der Waals surface area (Å²) in [5.74, 6) is -0.483. The van der Waals surface area contributed by atoms with E-state index in [4.69, 9.17) is 9.47 Å². The molecule has 0 radical (unpaired) electrons. The Kier molecular flexibility index (Phi) is 6.03. The number of methoxy groups -OCH3 is 1. The smallest absolute Gasteiger partial charge is 0.410 e. The van der Waals surface area contributed by atoms with Gasteiger partial charge in [-0.3, -0.25) is 0 Å². The van der Waals surface area contributed by atoms with Crippen LogP contribution in [0.1, 0.15) is 40.5 Å². The van der Waals surface area contributed by atoms with E-state index in [2.05, 4.69) is 4.98 Å². The van der Waals surface area contributed by atoms with E-state index in [1.807, 2.05) is 0 Å². The molecule has 2 rings (SSSR count). The fourth-order valence-corrected chi connectivity index (χ4v) is 4.57. The number of pyridine rings is 1. The highest BCUT2D eigenvalue weighted by molar-refractivity contribution is 7.92. The Morgan fingerprint density at radius 2 is 1.81 bits per heavy atom. The average Bonchev–Trinajstić information content (AvgIpc) is 2.60. The zero-order valence-electron chi connectivity index (χ0n) is 16.4. The van der Waals surface area contributed by atoms with Crippen LogP contribution >= 0.6 is 0 Å². The molecule has 152 valence electrons. The van der Waals surface area contributed by atoms with Crippen molar-refractivity contribution in [3.05, 3.63) is 18.3 Å². The van der Waals surface area contributed by atoms with E-state index >= 15 is 4.39 Å². The summed E-state index contributed by atoms with van der Waals surface area (Å²) in [5.41, 5.74) is -0.618. The molecule has 2 heterocycles. The lowest BCUT2D eigenvalue weighted by Crippen LogP contribution is -2.48. The Labute approximate surface area is 159 Å². The van der Waals surface area contributed by atoms with Crippen LogP contribution in [-0.4, -0.2) is 55.2 Å². The van der Waals surface area contributed by atoms with Crippen LogP contribution in [0.5, 0.6) is 5.88 Å². The van der Waals surface area contributed by atoms with Crippen LogP contribution in [-0.2, 0) is 14.6 Å². The number of aromatic nitrogens is 1. The fraction of sp³-hybridized carbons (Fsp3) is 0.667. The molecule has 1 saturated heterocycles. The van der Waals surface area contributed by atoms with E-state index in [-0.39, 0.29) is 36.7 Å². The molecule has 0 N–H and O–H groups in total. The number of hydrogen-bond donors (Lipinski definition) is 0. The van der Waals surface area contributed by atoms with Gasteiger partial charge in [0, 0.05) is 31.3 Å². The van der Waals surface area contributed by atoms with Gasteiger partial charge in [-0.2, -0.15) is 0 Å². The number of halogens is 1. The van der Waals surface area contributed by atoms with Gasteiger partial charge in [-0.05, 0) is 46.6 Å². The zero-order chi connectivity index (χ0) is 20.5. The maximum Gasteiger partial charge on any atom is 0.410 e. The predicted molar refractivity (Wildman–Crippen MR) is 98.0 cm³/mol. The van der Waals surface area contributed by atoms with Crippen LogP contribution in [0, 0.1) is 5.92 Å². The van der Waals surface area contributed by atoms with Crippen LogP contribution in [0.2, 0.25) is 0 Å². The molecule has 1 atom stereocenters. The quantitative estimate of drug-likeness (QED) is 0.769. The maximum absolute atomic E-state index is 15.4. The van der Waals surface area contributed by atoms with Gasteiger partial charge in [-0.15, -0.1) is 0 Å². The molecule has 7 nitrogen and oxygen atoms in total. The first-order valence-corrected chi connectivity index (χ1v) is 10.3.